The summed E-state index contributed by atoms with van der Waals surface area (Å²) in [5, 5.41) is 3.53. The minimum absolute atomic E-state index is 0.513. The highest BCUT2D eigenvalue weighted by Crippen LogP contribution is 2.37. The number of rotatable bonds is 6. The molecule has 0 aromatic heterocycles. The van der Waals surface area contributed by atoms with Crippen LogP contribution in [0.1, 0.15) is 24.0 Å². The maximum atomic E-state index is 6.06. The molecule has 138 valence electrons. The predicted octanol–water partition coefficient (Wildman–Crippen LogP) is 3.46. The van der Waals surface area contributed by atoms with Crippen molar-refractivity contribution in [3.8, 4) is 11.5 Å². The van der Waals surface area contributed by atoms with Crippen molar-refractivity contribution in [1.82, 2.24) is 10.2 Å². The number of methoxy groups -OCH3 is 1. The quantitative estimate of drug-likeness (QED) is 0.863. The van der Waals surface area contributed by atoms with Crippen LogP contribution in [0.4, 0.5) is 0 Å². The standard InChI is InChI=1S/C22H28N2O2/c1-25-20-8-7-19(13-21(20)26-15-18-5-3-2-4-6-18)14-24-12-10-22(17-24)9-11-23-16-22/h2-8,13,23H,9-12,14-17H2,1H3. The molecule has 4 nitrogen and oxygen atoms in total. The molecule has 4 rings (SSSR count). The zero-order valence-corrected chi connectivity index (χ0v) is 15.5. The summed E-state index contributed by atoms with van der Waals surface area (Å²) >= 11 is 0. The van der Waals surface area contributed by atoms with Gasteiger partial charge in [-0.2, -0.15) is 0 Å². The van der Waals surface area contributed by atoms with Crippen LogP contribution in [0.15, 0.2) is 48.5 Å². The topological polar surface area (TPSA) is 33.7 Å². The van der Waals surface area contributed by atoms with E-state index in [9.17, 15) is 0 Å². The van der Waals surface area contributed by atoms with E-state index in [0.29, 0.717) is 12.0 Å². The van der Waals surface area contributed by atoms with Gasteiger partial charge in [0.2, 0.25) is 0 Å². The molecule has 0 bridgehead atoms. The zero-order valence-electron chi connectivity index (χ0n) is 15.5. The van der Waals surface area contributed by atoms with Gasteiger partial charge < -0.3 is 14.8 Å². The average molecular weight is 352 g/mol. The molecule has 1 atom stereocenters. The molecular formula is C22H28N2O2. The maximum absolute atomic E-state index is 6.06. The van der Waals surface area contributed by atoms with E-state index in [4.69, 9.17) is 9.47 Å². The molecule has 0 amide bonds. The highest BCUT2D eigenvalue weighted by atomic mass is 16.5. The third-order valence-corrected chi connectivity index (χ3v) is 5.72. The van der Waals surface area contributed by atoms with Gasteiger partial charge in [0, 0.05) is 19.6 Å². The summed E-state index contributed by atoms with van der Waals surface area (Å²) in [6, 6.07) is 16.6. The second-order valence-electron chi connectivity index (χ2n) is 7.65. The van der Waals surface area contributed by atoms with Crippen molar-refractivity contribution in [2.75, 3.05) is 33.3 Å². The van der Waals surface area contributed by atoms with Crippen LogP contribution in [0, 0.1) is 5.41 Å². The lowest BCUT2D eigenvalue weighted by molar-refractivity contribution is 0.265. The Morgan fingerprint density at radius 3 is 2.69 bits per heavy atom. The van der Waals surface area contributed by atoms with E-state index < -0.39 is 0 Å². The molecule has 2 aliphatic heterocycles. The molecule has 2 heterocycles. The van der Waals surface area contributed by atoms with Gasteiger partial charge >= 0.3 is 0 Å². The molecule has 2 aliphatic rings. The number of nitrogens with one attached hydrogen (secondary N) is 1. The first kappa shape index (κ1) is 17.4. The SMILES string of the molecule is COc1ccc(CN2CCC3(CCNC3)C2)cc1OCc1ccccc1. The monoisotopic (exact) mass is 352 g/mol. The van der Waals surface area contributed by atoms with Crippen LogP contribution in [0.3, 0.4) is 0 Å². The summed E-state index contributed by atoms with van der Waals surface area (Å²) in [6.07, 6.45) is 2.63. The Morgan fingerprint density at radius 1 is 1.04 bits per heavy atom. The van der Waals surface area contributed by atoms with Gasteiger partial charge in [0.25, 0.3) is 0 Å². The zero-order chi connectivity index (χ0) is 17.8. The largest absolute Gasteiger partial charge is 0.493 e. The predicted molar refractivity (Wildman–Crippen MR) is 104 cm³/mol. The minimum atomic E-state index is 0.513. The lowest BCUT2D eigenvalue weighted by Gasteiger charge is -2.23. The Bertz CT molecular complexity index is 726. The Morgan fingerprint density at radius 2 is 1.92 bits per heavy atom. The van der Waals surface area contributed by atoms with E-state index >= 15 is 0 Å². The lowest BCUT2D eigenvalue weighted by Crippen LogP contribution is -2.28. The number of likely N-dealkylation sites (tertiary alicyclic amines) is 1. The summed E-state index contributed by atoms with van der Waals surface area (Å²) in [4.78, 5) is 2.58. The molecule has 4 heteroatoms. The van der Waals surface area contributed by atoms with Gasteiger partial charge in [0.15, 0.2) is 11.5 Å². The fourth-order valence-electron chi connectivity index (χ4n) is 4.23. The molecule has 2 aromatic carbocycles. The van der Waals surface area contributed by atoms with Gasteiger partial charge in [-0.3, -0.25) is 4.90 Å². The number of benzene rings is 2. The Kier molecular flexibility index (Phi) is 5.14. The molecule has 1 N–H and O–H groups in total. The van der Waals surface area contributed by atoms with Gasteiger partial charge in [-0.1, -0.05) is 36.4 Å². The van der Waals surface area contributed by atoms with Gasteiger partial charge in [-0.25, -0.2) is 0 Å². The van der Waals surface area contributed by atoms with E-state index in [-0.39, 0.29) is 0 Å². The van der Waals surface area contributed by atoms with Crippen LogP contribution >= 0.6 is 0 Å². The molecule has 1 spiro atoms. The van der Waals surface area contributed by atoms with Gasteiger partial charge in [-0.05, 0) is 54.6 Å². The van der Waals surface area contributed by atoms with Gasteiger partial charge in [0.05, 0.1) is 7.11 Å². The smallest absolute Gasteiger partial charge is 0.161 e. The first-order valence-corrected chi connectivity index (χ1v) is 9.53. The molecule has 1 unspecified atom stereocenters. The second kappa shape index (κ2) is 7.68. The van der Waals surface area contributed by atoms with Gasteiger partial charge in [-0.15, -0.1) is 0 Å². The average Bonchev–Trinajstić information content (AvgIpc) is 3.30. The molecule has 0 radical (unpaired) electrons. The number of nitrogens with zero attached hydrogens (tertiary/aromatic N) is 1. The first-order valence-electron chi connectivity index (χ1n) is 9.53. The van der Waals surface area contributed by atoms with Crippen molar-refractivity contribution < 1.29 is 9.47 Å². The number of hydrogen-bond acceptors (Lipinski definition) is 4. The Hall–Kier alpha value is -2.04. The maximum Gasteiger partial charge on any atom is 0.161 e. The lowest BCUT2D eigenvalue weighted by atomic mass is 9.86. The second-order valence-corrected chi connectivity index (χ2v) is 7.65. The fourth-order valence-corrected chi connectivity index (χ4v) is 4.23. The molecule has 0 saturated carbocycles. The fraction of sp³-hybridized carbons (Fsp3) is 0.455. The van der Waals surface area contributed by atoms with E-state index in [1.165, 1.54) is 44.6 Å². The summed E-state index contributed by atoms with van der Waals surface area (Å²) in [7, 11) is 1.70. The van der Waals surface area contributed by atoms with Crippen LogP contribution < -0.4 is 14.8 Å². The van der Waals surface area contributed by atoms with E-state index in [1.54, 1.807) is 7.11 Å². The third kappa shape index (κ3) is 3.87. The summed E-state index contributed by atoms with van der Waals surface area (Å²) in [5.74, 6) is 1.62. The van der Waals surface area contributed by atoms with E-state index in [2.05, 4.69) is 34.5 Å². The molecule has 26 heavy (non-hydrogen) atoms. The Balaban J connectivity index is 1.42. The normalized spacial score (nSPS) is 22.8. The number of ether oxygens (including phenoxy) is 2. The van der Waals surface area contributed by atoms with Crippen LogP contribution in [-0.2, 0) is 13.2 Å². The van der Waals surface area contributed by atoms with E-state index in [1.807, 2.05) is 24.3 Å². The van der Waals surface area contributed by atoms with Crippen molar-refractivity contribution in [2.45, 2.75) is 26.0 Å². The van der Waals surface area contributed by atoms with Crippen molar-refractivity contribution in [3.63, 3.8) is 0 Å². The molecule has 2 fully saturated rings. The van der Waals surface area contributed by atoms with Crippen LogP contribution in [0.25, 0.3) is 0 Å². The molecule has 2 saturated heterocycles. The van der Waals surface area contributed by atoms with Crippen molar-refractivity contribution >= 4 is 0 Å². The summed E-state index contributed by atoms with van der Waals surface area (Å²) < 4.78 is 11.5. The van der Waals surface area contributed by atoms with Crippen LogP contribution in [-0.4, -0.2) is 38.2 Å². The third-order valence-electron chi connectivity index (χ3n) is 5.72. The van der Waals surface area contributed by atoms with Crippen LogP contribution in [0.2, 0.25) is 0 Å². The summed E-state index contributed by atoms with van der Waals surface area (Å²) in [5.41, 5.74) is 2.96. The minimum Gasteiger partial charge on any atom is -0.493 e. The Labute approximate surface area is 156 Å². The number of hydrogen-bond donors (Lipinski definition) is 1. The summed E-state index contributed by atoms with van der Waals surface area (Å²) in [6.45, 7) is 6.28. The highest BCUT2D eigenvalue weighted by molar-refractivity contribution is 5.43. The van der Waals surface area contributed by atoms with Crippen molar-refractivity contribution in [1.29, 1.82) is 0 Å². The van der Waals surface area contributed by atoms with Crippen molar-refractivity contribution in [3.05, 3.63) is 59.7 Å². The van der Waals surface area contributed by atoms with Crippen LogP contribution in [0.5, 0.6) is 11.5 Å². The van der Waals surface area contributed by atoms with Gasteiger partial charge in [0.1, 0.15) is 6.61 Å². The molecular weight excluding hydrogens is 324 g/mol. The van der Waals surface area contributed by atoms with E-state index in [0.717, 1.165) is 23.6 Å². The first-order chi connectivity index (χ1) is 12.8. The molecule has 2 aromatic rings. The molecule has 0 aliphatic carbocycles. The van der Waals surface area contributed by atoms with Crippen molar-refractivity contribution in [2.24, 2.45) is 5.41 Å². The highest BCUT2D eigenvalue weighted by Gasteiger charge is 2.40.